The first-order valence-corrected chi connectivity index (χ1v) is 11.2. The summed E-state index contributed by atoms with van der Waals surface area (Å²) in [5.74, 6) is 1.14. The Labute approximate surface area is 207 Å². The largest absolute Gasteiger partial charge is 0.457 e. The van der Waals surface area contributed by atoms with Crippen LogP contribution in [-0.4, -0.2) is 4.57 Å². The zero-order chi connectivity index (χ0) is 26.0. The van der Waals surface area contributed by atoms with Crippen LogP contribution in [0.4, 0.5) is 18.9 Å². The third-order valence-electron chi connectivity index (χ3n) is 5.97. The molecular formula is C29H23F3N2O2. The first-order chi connectivity index (χ1) is 17.1. The molecule has 4 nitrogen and oxygen atoms in total. The zero-order valence-electron chi connectivity index (χ0n) is 20.0. The molecule has 0 saturated carbocycles. The van der Waals surface area contributed by atoms with Crippen molar-refractivity contribution in [3.05, 3.63) is 122 Å². The van der Waals surface area contributed by atoms with E-state index >= 15 is 0 Å². The Hall–Kier alpha value is -4.31. The van der Waals surface area contributed by atoms with Crippen molar-refractivity contribution in [3.8, 4) is 22.8 Å². The SMILES string of the molecule is [C-]#[N+]c1c(C(F)(F)F)cc(-c2ccc(Oc3ccccc3)cc2C)n(Cc2ccc(C)cc2C)c1=O. The van der Waals surface area contributed by atoms with Gasteiger partial charge < -0.3 is 9.30 Å². The Kier molecular flexibility index (Phi) is 6.71. The molecule has 0 amide bonds. The van der Waals surface area contributed by atoms with Crippen LogP contribution in [0, 0.1) is 27.3 Å². The number of nitrogens with zero attached hydrogens (tertiary/aromatic N) is 2. The number of benzene rings is 3. The van der Waals surface area contributed by atoms with Gasteiger partial charge in [0, 0.05) is 11.3 Å². The van der Waals surface area contributed by atoms with Crippen molar-refractivity contribution in [1.82, 2.24) is 4.57 Å². The van der Waals surface area contributed by atoms with Gasteiger partial charge in [0.25, 0.3) is 11.2 Å². The van der Waals surface area contributed by atoms with E-state index in [2.05, 4.69) is 4.85 Å². The van der Waals surface area contributed by atoms with Crippen LogP contribution in [-0.2, 0) is 12.7 Å². The molecule has 1 heterocycles. The van der Waals surface area contributed by atoms with E-state index in [1.165, 1.54) is 4.57 Å². The first-order valence-electron chi connectivity index (χ1n) is 11.2. The number of halogens is 3. The smallest absolute Gasteiger partial charge is 0.407 e. The molecule has 0 atom stereocenters. The lowest BCUT2D eigenvalue weighted by molar-refractivity contribution is -0.136. The van der Waals surface area contributed by atoms with Crippen LogP contribution in [0.2, 0.25) is 0 Å². The average Bonchev–Trinajstić information content (AvgIpc) is 2.82. The summed E-state index contributed by atoms with van der Waals surface area (Å²) in [6.45, 7) is 12.9. The quantitative estimate of drug-likeness (QED) is 0.268. The van der Waals surface area contributed by atoms with Crippen molar-refractivity contribution in [1.29, 1.82) is 0 Å². The van der Waals surface area contributed by atoms with Crippen LogP contribution >= 0.6 is 0 Å². The Bertz CT molecular complexity index is 1530. The summed E-state index contributed by atoms with van der Waals surface area (Å²) in [6, 6.07) is 20.7. The van der Waals surface area contributed by atoms with E-state index in [4.69, 9.17) is 11.3 Å². The van der Waals surface area contributed by atoms with Gasteiger partial charge in [-0.1, -0.05) is 42.0 Å². The van der Waals surface area contributed by atoms with Gasteiger partial charge in [0.05, 0.1) is 18.7 Å². The van der Waals surface area contributed by atoms with Crippen molar-refractivity contribution in [2.75, 3.05) is 0 Å². The van der Waals surface area contributed by atoms with Crippen molar-refractivity contribution >= 4 is 5.69 Å². The number of aryl methyl sites for hydroxylation is 3. The molecule has 0 unspecified atom stereocenters. The van der Waals surface area contributed by atoms with Crippen LogP contribution in [0.1, 0.15) is 27.8 Å². The van der Waals surface area contributed by atoms with E-state index < -0.39 is 23.0 Å². The Morgan fingerprint density at radius 1 is 0.889 bits per heavy atom. The second kappa shape index (κ2) is 9.74. The minimum atomic E-state index is -4.85. The number of alkyl halides is 3. The molecule has 1 aromatic heterocycles. The number of pyridine rings is 1. The summed E-state index contributed by atoms with van der Waals surface area (Å²) in [6.07, 6.45) is -4.85. The van der Waals surface area contributed by atoms with Gasteiger partial charge in [-0.15, -0.1) is 0 Å². The van der Waals surface area contributed by atoms with Gasteiger partial charge in [-0.25, -0.2) is 4.85 Å². The fourth-order valence-electron chi connectivity index (χ4n) is 4.14. The molecule has 0 aliphatic rings. The Morgan fingerprint density at radius 3 is 2.22 bits per heavy atom. The molecule has 4 rings (SSSR count). The van der Waals surface area contributed by atoms with Crippen molar-refractivity contribution in [3.63, 3.8) is 0 Å². The number of para-hydroxylation sites is 1. The third-order valence-corrected chi connectivity index (χ3v) is 5.97. The maximum atomic E-state index is 13.9. The standard InChI is InChI=1S/C29H23F3N2O2/c1-18-10-11-21(19(2)14-18)17-34-26(16-25(29(30,31)32)27(33-4)28(34)35)24-13-12-23(15-20(24)3)36-22-8-6-5-7-9-22/h5-16H,17H2,1-3H3. The summed E-state index contributed by atoms with van der Waals surface area (Å²) < 4.78 is 48.7. The number of hydrogen-bond donors (Lipinski definition) is 0. The summed E-state index contributed by atoms with van der Waals surface area (Å²) in [4.78, 5) is 16.3. The minimum Gasteiger partial charge on any atom is -0.457 e. The predicted octanol–water partition coefficient (Wildman–Crippen LogP) is 7.85. The monoisotopic (exact) mass is 488 g/mol. The molecule has 0 spiro atoms. The van der Waals surface area contributed by atoms with Crippen molar-refractivity contribution in [2.45, 2.75) is 33.5 Å². The summed E-state index contributed by atoms with van der Waals surface area (Å²) in [7, 11) is 0. The maximum absolute atomic E-state index is 13.9. The molecule has 36 heavy (non-hydrogen) atoms. The van der Waals surface area contributed by atoms with Gasteiger partial charge in [0.2, 0.25) is 0 Å². The summed E-state index contributed by atoms with van der Waals surface area (Å²) in [5.41, 5.74) is 0.725. The number of aromatic nitrogens is 1. The highest BCUT2D eigenvalue weighted by Gasteiger charge is 2.36. The van der Waals surface area contributed by atoms with Gasteiger partial charge in [-0.05, 0) is 73.9 Å². The van der Waals surface area contributed by atoms with Crippen molar-refractivity contribution in [2.24, 2.45) is 0 Å². The Morgan fingerprint density at radius 2 is 1.61 bits per heavy atom. The molecule has 0 saturated heterocycles. The fraction of sp³-hybridized carbons (Fsp3) is 0.172. The van der Waals surface area contributed by atoms with Gasteiger partial charge in [0.1, 0.15) is 11.5 Å². The van der Waals surface area contributed by atoms with Gasteiger partial charge in [-0.3, -0.25) is 4.79 Å². The van der Waals surface area contributed by atoms with E-state index in [9.17, 15) is 18.0 Å². The lowest BCUT2D eigenvalue weighted by Crippen LogP contribution is -2.25. The summed E-state index contributed by atoms with van der Waals surface area (Å²) in [5, 5.41) is 0. The van der Waals surface area contributed by atoms with Crippen molar-refractivity contribution < 1.29 is 17.9 Å². The zero-order valence-corrected chi connectivity index (χ0v) is 20.0. The lowest BCUT2D eigenvalue weighted by atomic mass is 10.0. The average molecular weight is 489 g/mol. The van der Waals surface area contributed by atoms with Gasteiger partial charge in [0.15, 0.2) is 0 Å². The topological polar surface area (TPSA) is 35.6 Å². The van der Waals surface area contributed by atoms with E-state index in [-0.39, 0.29) is 12.2 Å². The molecule has 4 aromatic rings. The van der Waals surface area contributed by atoms with E-state index in [1.807, 2.05) is 50.2 Å². The van der Waals surface area contributed by atoms with Crippen LogP contribution in [0.5, 0.6) is 11.5 Å². The van der Waals surface area contributed by atoms with Crippen LogP contribution in [0.3, 0.4) is 0 Å². The predicted molar refractivity (Wildman–Crippen MR) is 134 cm³/mol. The second-order valence-electron chi connectivity index (χ2n) is 8.61. The van der Waals surface area contributed by atoms with E-state index in [0.29, 0.717) is 22.6 Å². The third kappa shape index (κ3) is 5.03. The highest BCUT2D eigenvalue weighted by atomic mass is 19.4. The molecule has 0 N–H and O–H groups in total. The van der Waals surface area contributed by atoms with Crippen LogP contribution in [0.25, 0.3) is 16.1 Å². The molecule has 0 fully saturated rings. The second-order valence-corrected chi connectivity index (χ2v) is 8.61. The fourth-order valence-corrected chi connectivity index (χ4v) is 4.14. The van der Waals surface area contributed by atoms with Crippen LogP contribution in [0.15, 0.2) is 77.6 Å². The van der Waals surface area contributed by atoms with E-state index in [1.54, 1.807) is 37.3 Å². The van der Waals surface area contributed by atoms with Gasteiger partial charge >= 0.3 is 6.18 Å². The Balaban J connectivity index is 1.90. The normalized spacial score (nSPS) is 11.2. The molecule has 3 aromatic carbocycles. The highest BCUT2D eigenvalue weighted by molar-refractivity contribution is 5.69. The molecule has 0 bridgehead atoms. The molecule has 0 aliphatic carbocycles. The molecule has 0 radical (unpaired) electrons. The number of rotatable bonds is 5. The summed E-state index contributed by atoms with van der Waals surface area (Å²) >= 11 is 0. The number of ether oxygens (including phenoxy) is 1. The maximum Gasteiger partial charge on any atom is 0.407 e. The van der Waals surface area contributed by atoms with Crippen LogP contribution < -0.4 is 10.3 Å². The minimum absolute atomic E-state index is 0.0304. The molecule has 182 valence electrons. The van der Waals surface area contributed by atoms with E-state index in [0.717, 1.165) is 22.8 Å². The highest BCUT2D eigenvalue weighted by Crippen LogP contribution is 2.38. The molecular weight excluding hydrogens is 465 g/mol. The first kappa shape index (κ1) is 24.8. The molecule has 0 aliphatic heterocycles. The van der Waals surface area contributed by atoms with Gasteiger partial charge in [-0.2, -0.15) is 13.2 Å². The lowest BCUT2D eigenvalue weighted by Gasteiger charge is -2.20. The number of hydrogen-bond acceptors (Lipinski definition) is 2. The molecule has 7 heteroatoms.